The van der Waals surface area contributed by atoms with Gasteiger partial charge in [0.1, 0.15) is 11.9 Å². The molecule has 0 heterocycles. The zero-order chi connectivity index (χ0) is 13.4. The van der Waals surface area contributed by atoms with Crippen molar-refractivity contribution in [2.45, 2.75) is 19.4 Å². The van der Waals surface area contributed by atoms with Gasteiger partial charge in [0.2, 0.25) is 11.8 Å². The van der Waals surface area contributed by atoms with E-state index in [2.05, 4.69) is 10.6 Å². The Hall–Kier alpha value is -1.55. The fraction of sp³-hybridized carbons (Fsp3) is 0.385. The first-order valence-electron chi connectivity index (χ1n) is 5.80. The molecule has 0 saturated heterocycles. The number of carbonyl (C=O) groups excluding carboxylic acids is 2. The summed E-state index contributed by atoms with van der Waals surface area (Å²) in [7, 11) is 0. The summed E-state index contributed by atoms with van der Waals surface area (Å²) in [4.78, 5) is 22.6. The summed E-state index contributed by atoms with van der Waals surface area (Å²) >= 11 is 5.34. The number of rotatable bonds is 6. The molecule has 1 atom stereocenters. The molecular formula is C13H17ClN2O2. The van der Waals surface area contributed by atoms with E-state index in [0.717, 1.165) is 12.0 Å². The fourth-order valence-electron chi connectivity index (χ4n) is 1.47. The van der Waals surface area contributed by atoms with Crippen LogP contribution in [0.2, 0.25) is 0 Å². The summed E-state index contributed by atoms with van der Waals surface area (Å²) < 4.78 is 0. The summed E-state index contributed by atoms with van der Waals surface area (Å²) in [5.41, 5.74) is 1.16. The maximum atomic E-state index is 11.6. The van der Waals surface area contributed by atoms with Crippen molar-refractivity contribution in [1.82, 2.24) is 10.6 Å². The van der Waals surface area contributed by atoms with Crippen molar-refractivity contribution in [3.05, 3.63) is 35.9 Å². The number of benzene rings is 1. The highest BCUT2D eigenvalue weighted by Gasteiger charge is 2.13. The summed E-state index contributed by atoms with van der Waals surface area (Å²) in [6.45, 7) is 2.17. The molecule has 0 spiro atoms. The van der Waals surface area contributed by atoms with Crippen molar-refractivity contribution in [3.8, 4) is 0 Å². The van der Waals surface area contributed by atoms with E-state index in [-0.39, 0.29) is 17.7 Å². The van der Waals surface area contributed by atoms with Gasteiger partial charge in [0.15, 0.2) is 0 Å². The fourth-order valence-corrected chi connectivity index (χ4v) is 1.55. The zero-order valence-corrected chi connectivity index (χ0v) is 11.0. The van der Waals surface area contributed by atoms with E-state index in [4.69, 9.17) is 11.6 Å². The monoisotopic (exact) mass is 268 g/mol. The van der Waals surface area contributed by atoms with Crippen LogP contribution in [0.1, 0.15) is 12.5 Å². The van der Waals surface area contributed by atoms with Crippen LogP contribution in [0.15, 0.2) is 30.3 Å². The van der Waals surface area contributed by atoms with Crippen molar-refractivity contribution in [3.63, 3.8) is 0 Å². The van der Waals surface area contributed by atoms with Crippen LogP contribution in [0.25, 0.3) is 0 Å². The van der Waals surface area contributed by atoms with E-state index < -0.39 is 6.04 Å². The van der Waals surface area contributed by atoms with Crippen LogP contribution >= 0.6 is 11.6 Å². The maximum Gasteiger partial charge on any atom is 0.242 e. The Balaban J connectivity index is 2.26. The van der Waals surface area contributed by atoms with Crippen LogP contribution in [0.4, 0.5) is 0 Å². The van der Waals surface area contributed by atoms with Crippen LogP contribution in [0.5, 0.6) is 0 Å². The lowest BCUT2D eigenvalue weighted by Crippen LogP contribution is -2.45. The highest BCUT2D eigenvalue weighted by Crippen LogP contribution is 1.98. The highest BCUT2D eigenvalue weighted by molar-refractivity contribution is 6.27. The molecule has 5 heteroatoms. The van der Waals surface area contributed by atoms with Crippen molar-refractivity contribution in [1.29, 1.82) is 0 Å². The Bertz CT molecular complexity index is 395. The minimum Gasteiger partial charge on any atom is -0.354 e. The Morgan fingerprint density at radius 2 is 1.94 bits per heavy atom. The van der Waals surface area contributed by atoms with Gasteiger partial charge in [-0.05, 0) is 18.9 Å². The Labute approximate surface area is 112 Å². The predicted octanol–water partition coefficient (Wildman–Crippen LogP) is 1.09. The van der Waals surface area contributed by atoms with Gasteiger partial charge in [-0.2, -0.15) is 0 Å². The molecule has 0 aliphatic carbocycles. The van der Waals surface area contributed by atoms with Gasteiger partial charge in [-0.1, -0.05) is 30.3 Å². The van der Waals surface area contributed by atoms with E-state index in [1.807, 2.05) is 30.3 Å². The average Bonchev–Trinajstić information content (AvgIpc) is 2.39. The van der Waals surface area contributed by atoms with E-state index in [9.17, 15) is 9.59 Å². The lowest BCUT2D eigenvalue weighted by atomic mass is 10.1. The molecule has 2 N–H and O–H groups in total. The zero-order valence-electron chi connectivity index (χ0n) is 10.3. The molecule has 18 heavy (non-hydrogen) atoms. The topological polar surface area (TPSA) is 58.2 Å². The molecule has 0 radical (unpaired) electrons. The minimum atomic E-state index is -0.563. The van der Waals surface area contributed by atoms with E-state index in [1.54, 1.807) is 6.92 Å². The number of hydrogen-bond acceptors (Lipinski definition) is 2. The number of hydrogen-bond donors (Lipinski definition) is 2. The summed E-state index contributed by atoms with van der Waals surface area (Å²) in [5, 5.41) is 5.26. The maximum absolute atomic E-state index is 11.6. The van der Waals surface area contributed by atoms with Gasteiger partial charge < -0.3 is 10.6 Å². The Morgan fingerprint density at radius 3 is 2.56 bits per heavy atom. The van der Waals surface area contributed by atoms with E-state index >= 15 is 0 Å². The molecule has 4 nitrogen and oxygen atoms in total. The van der Waals surface area contributed by atoms with E-state index in [1.165, 1.54) is 0 Å². The minimum absolute atomic E-state index is 0.137. The molecule has 98 valence electrons. The molecule has 1 aromatic carbocycles. The number of amides is 2. The summed E-state index contributed by atoms with van der Waals surface area (Å²) in [5.74, 6) is -0.687. The number of carbonyl (C=O) groups is 2. The van der Waals surface area contributed by atoms with Crippen molar-refractivity contribution < 1.29 is 9.59 Å². The first-order chi connectivity index (χ1) is 8.63. The normalized spacial score (nSPS) is 11.7. The molecule has 1 rings (SSSR count). The molecule has 0 fully saturated rings. The number of nitrogens with one attached hydrogen (secondary N) is 2. The molecule has 0 aliphatic rings. The summed E-state index contributed by atoms with van der Waals surface area (Å²) in [6, 6.07) is 9.31. The van der Waals surface area contributed by atoms with Gasteiger partial charge in [0.25, 0.3) is 0 Å². The Kier molecular flexibility index (Phi) is 6.22. The number of halogens is 1. The summed E-state index contributed by atoms with van der Waals surface area (Å²) in [6.07, 6.45) is 0.767. The molecule has 0 aromatic heterocycles. The largest absolute Gasteiger partial charge is 0.354 e. The quantitative estimate of drug-likeness (QED) is 0.759. The molecule has 0 bridgehead atoms. The van der Waals surface area contributed by atoms with Crippen LogP contribution in [-0.2, 0) is 16.0 Å². The van der Waals surface area contributed by atoms with Crippen LogP contribution in [-0.4, -0.2) is 30.3 Å². The lowest BCUT2D eigenvalue weighted by Gasteiger charge is -2.13. The molecule has 1 aromatic rings. The predicted molar refractivity (Wildman–Crippen MR) is 71.5 cm³/mol. The van der Waals surface area contributed by atoms with Crippen molar-refractivity contribution in [2.75, 3.05) is 12.4 Å². The van der Waals surface area contributed by atoms with Crippen LogP contribution in [0, 0.1) is 0 Å². The third-order valence-electron chi connectivity index (χ3n) is 2.45. The number of alkyl halides is 1. The van der Waals surface area contributed by atoms with Gasteiger partial charge in [-0.3, -0.25) is 9.59 Å². The van der Waals surface area contributed by atoms with Gasteiger partial charge >= 0.3 is 0 Å². The molecule has 0 saturated carbocycles. The Morgan fingerprint density at radius 1 is 1.28 bits per heavy atom. The smallest absolute Gasteiger partial charge is 0.242 e. The first kappa shape index (κ1) is 14.5. The van der Waals surface area contributed by atoms with Gasteiger partial charge in [0, 0.05) is 6.54 Å². The highest BCUT2D eigenvalue weighted by atomic mass is 35.5. The second kappa shape index (κ2) is 7.71. The first-order valence-corrected chi connectivity index (χ1v) is 6.34. The van der Waals surface area contributed by atoms with Gasteiger partial charge in [-0.25, -0.2) is 0 Å². The second-order valence-corrected chi connectivity index (χ2v) is 4.22. The molecule has 0 aliphatic heterocycles. The molecular weight excluding hydrogens is 252 g/mol. The third-order valence-corrected chi connectivity index (χ3v) is 2.69. The molecule has 0 unspecified atom stereocenters. The average molecular weight is 269 g/mol. The SMILES string of the molecule is C[C@H](NC(=O)CCl)C(=O)NCCc1ccccc1. The lowest BCUT2D eigenvalue weighted by molar-refractivity contribution is -0.127. The standard InChI is InChI=1S/C13H17ClN2O2/c1-10(16-12(17)9-14)13(18)15-8-7-11-5-3-2-4-6-11/h2-6,10H,7-9H2,1H3,(H,15,18)(H,16,17)/t10-/m0/s1. The second-order valence-electron chi connectivity index (χ2n) is 3.95. The van der Waals surface area contributed by atoms with Crippen LogP contribution in [0.3, 0.4) is 0 Å². The van der Waals surface area contributed by atoms with Crippen molar-refractivity contribution >= 4 is 23.4 Å². The van der Waals surface area contributed by atoms with Gasteiger partial charge in [0.05, 0.1) is 0 Å². The molecule has 2 amide bonds. The van der Waals surface area contributed by atoms with E-state index in [0.29, 0.717) is 6.54 Å². The van der Waals surface area contributed by atoms with Gasteiger partial charge in [-0.15, -0.1) is 11.6 Å². The third kappa shape index (κ3) is 5.19. The van der Waals surface area contributed by atoms with Crippen molar-refractivity contribution in [2.24, 2.45) is 0 Å². The van der Waals surface area contributed by atoms with Crippen LogP contribution < -0.4 is 10.6 Å².